The van der Waals surface area contributed by atoms with Gasteiger partial charge >= 0.3 is 71.6 Å². The summed E-state index contributed by atoms with van der Waals surface area (Å²) < 4.78 is 81.3. The van der Waals surface area contributed by atoms with Crippen LogP contribution in [0.2, 0.25) is 0 Å². The Kier molecular flexibility index (Phi) is 48.2. The first kappa shape index (κ1) is 127. The Balaban J connectivity index is 0.000000517. The van der Waals surface area contributed by atoms with Crippen molar-refractivity contribution in [3.05, 3.63) is 22.7 Å². The van der Waals surface area contributed by atoms with Gasteiger partial charge in [-0.3, -0.25) is 58.8 Å². The van der Waals surface area contributed by atoms with Crippen molar-refractivity contribution in [2.75, 3.05) is 50.4 Å². The molecule has 4 amide bonds. The lowest BCUT2D eigenvalue weighted by Crippen LogP contribution is -2.70. The van der Waals surface area contributed by atoms with Crippen LogP contribution in [0, 0.1) is 22.7 Å². The highest BCUT2D eigenvalue weighted by atomic mass is 32.2. The van der Waals surface area contributed by atoms with Crippen LogP contribution in [-0.2, 0) is 153 Å². The van der Waals surface area contributed by atoms with Crippen LogP contribution in [0.5, 0.6) is 0 Å². The van der Waals surface area contributed by atoms with E-state index in [-0.39, 0.29) is 31.7 Å². The molecule has 54 nitrogen and oxygen atoms in total. The van der Waals surface area contributed by atoms with Crippen molar-refractivity contribution >= 4 is 198 Å². The summed E-state index contributed by atoms with van der Waals surface area (Å²) in [6, 6.07) is -9.30. The van der Waals surface area contributed by atoms with E-state index in [9.17, 15) is 158 Å². The van der Waals surface area contributed by atoms with E-state index in [1.165, 1.54) is 55.8 Å². The molecular formula is C87H126N8O46S6. The molecule has 0 spiro atoms. The van der Waals surface area contributed by atoms with Gasteiger partial charge in [-0.05, 0) is 34.1 Å². The van der Waals surface area contributed by atoms with Crippen LogP contribution in [0.15, 0.2) is 22.7 Å². The van der Waals surface area contributed by atoms with Crippen molar-refractivity contribution in [2.24, 2.45) is 11.8 Å². The summed E-state index contributed by atoms with van der Waals surface area (Å²) in [4.78, 5) is 225. The van der Waals surface area contributed by atoms with Gasteiger partial charge < -0.3 is 170 Å². The number of thioether (sulfide) groups is 4. The number of amides is 4. The summed E-state index contributed by atoms with van der Waals surface area (Å²) in [7, 11) is 2.41. The van der Waals surface area contributed by atoms with Crippen LogP contribution in [0.1, 0.15) is 143 Å². The van der Waals surface area contributed by atoms with Gasteiger partial charge in [0.1, 0.15) is 153 Å². The fourth-order valence-electron chi connectivity index (χ4n) is 16.0. The zero-order chi connectivity index (χ0) is 112. The molecule has 4 fully saturated rings. The summed E-state index contributed by atoms with van der Waals surface area (Å²) in [5.74, 6) is -26.9. The van der Waals surface area contributed by atoms with Crippen molar-refractivity contribution in [2.45, 2.75) is 322 Å². The summed E-state index contributed by atoms with van der Waals surface area (Å²) in [6.45, 7) is 19.2. The lowest BCUT2D eigenvalue weighted by Gasteiger charge is -2.52. The highest BCUT2D eigenvalue weighted by Crippen LogP contribution is 2.47. The van der Waals surface area contributed by atoms with E-state index in [4.69, 9.17) is 102 Å². The Labute approximate surface area is 867 Å². The molecule has 22 unspecified atom stereocenters. The molecule has 0 aromatic rings. The number of ether oxygens (including phenoxy) is 14. The third-order valence-corrected chi connectivity index (χ3v) is 29.6. The smallest absolute Gasteiger partial charge is 0.341 e. The van der Waals surface area contributed by atoms with E-state index in [2.05, 4.69) is 31.9 Å². The maximum atomic E-state index is 14.8. The maximum absolute atomic E-state index is 14.8. The molecular weight excluding hydrogens is 2090 g/mol. The van der Waals surface area contributed by atoms with Crippen LogP contribution in [0.4, 0.5) is 0 Å². The molecule has 147 heavy (non-hydrogen) atoms. The van der Waals surface area contributed by atoms with Crippen LogP contribution in [-0.4, -0.2) is 428 Å². The van der Waals surface area contributed by atoms with E-state index < -0.39 is 371 Å². The van der Waals surface area contributed by atoms with Gasteiger partial charge in [-0.25, -0.2) is 38.4 Å². The summed E-state index contributed by atoms with van der Waals surface area (Å²) in [5.41, 5.74) is -15.7. The minimum Gasteiger partial charge on any atom is -0.508 e. The predicted molar refractivity (Wildman–Crippen MR) is 515 cm³/mol. The van der Waals surface area contributed by atoms with Gasteiger partial charge in [0.25, 0.3) is 0 Å². The highest BCUT2D eigenvalue weighted by molar-refractivity contribution is 8.23. The first-order valence-electron chi connectivity index (χ1n) is 45.2. The number of carbonyl (C=O) groups is 18. The van der Waals surface area contributed by atoms with E-state index in [0.29, 0.717) is 29.9 Å². The number of hydrogen-bond acceptors (Lipinski definition) is 48. The minimum atomic E-state index is -3.19. The molecule has 2 aliphatic carbocycles. The lowest BCUT2D eigenvalue weighted by atomic mass is 9.74. The molecule has 826 valence electrons. The second-order valence-electron chi connectivity index (χ2n) is 35.3. The van der Waals surface area contributed by atoms with Gasteiger partial charge in [0.2, 0.25) is 23.6 Å². The SMILES string of the molecule is CC[C@@H](C)C(=O)O[C@@H](C)C1(O)C(C)OC(OC2C(O)C([C@@]3(O)CC(=O)C(=N)C(C(=O)O)=C3O)OC(COC(C)=O)C2OC(=O)C(NC(=S)SC[C@H](NC(C)=O)C(=O)O)C(C)SC[C@H](NC(C)=O)C(=O)O)CC1OC.COC1CC(OC2C(O)C([C@@]3(O)CC(=O)C(=N)C(C(=O)O)=C3O)OC(COC(C)=O)C2OC(=O)C(NC(=S)SC[C@H](NC(C)=O)C(=O)O)C(C)SC[C@H](NC(C)=O)C(=O)O)OC(C)C1(O)[C@H](C)OC(=O)C(C)C. The van der Waals surface area contributed by atoms with Crippen molar-refractivity contribution in [3.8, 4) is 0 Å². The second kappa shape index (κ2) is 55.6. The van der Waals surface area contributed by atoms with E-state index in [1.807, 2.05) is 0 Å². The van der Waals surface area contributed by atoms with Gasteiger partial charge in [-0.1, -0.05) is 89.5 Å². The van der Waals surface area contributed by atoms with Crippen molar-refractivity contribution < 1.29 is 224 Å². The zero-order valence-corrected chi connectivity index (χ0v) is 87.6. The van der Waals surface area contributed by atoms with Gasteiger partial charge in [-0.15, -0.1) is 0 Å². The number of nitrogens with one attached hydrogen (secondary N) is 8. The topological polar surface area (TPSA) is 840 Å². The third kappa shape index (κ3) is 33.0. The van der Waals surface area contributed by atoms with Gasteiger partial charge in [0.15, 0.2) is 58.8 Å². The molecule has 4 aliphatic heterocycles. The fourth-order valence-corrected chi connectivity index (χ4v) is 20.4. The molecule has 0 aromatic heterocycles. The number of aliphatic hydroxyl groups excluding tert-OH is 4. The number of carbonyl (C=O) groups excluding carboxylic acids is 12. The summed E-state index contributed by atoms with van der Waals surface area (Å²) >= 11 is 13.8. The molecule has 0 saturated carbocycles. The molecule has 22 N–H and O–H groups in total. The first-order valence-corrected chi connectivity index (χ1v) is 50.1. The molecule has 60 heteroatoms. The predicted octanol–water partition coefficient (Wildman–Crippen LogP) is -2.93. The molecule has 6 rings (SSSR count). The standard InChI is InChI=1S/C44H64N4O23S3.C43H62N4O23S3/c1-10-16(2)40(61)68-19(5)44(64)18(4)67-28(11-27(44)65-9)70-34-32(53)36(43(63)12-25(52)30(45)29(35(43)54)39(59)60)69-26(13-66-22(8)51)33(34)71-41(62)31(17(3)73-14-23(37(55)56)46-20(6)49)48-42(72)74-15-24(38(57)58)47-21(7)50;1-15(2)39(60)67-18(5)43(63)17(4)66-27(10-26(43)64-9)69-33-31(52)35(42(62)11-24(51)29(44)28(34(42)53)38(58)59)68-25(12-65-21(8)50)32(33)70-40(61)30(16(3)72-13-22(36(54)55)45-19(6)48)47-41(71)73-14-23(37(56)57)46-20(7)49/h16-19,23-24,26-28,31-34,36,45,53-54,63-64H,10-15H2,1-9H3,(H,46,49)(H,47,50)(H,48,72)(H,55,56)(H,57,58)(H,59,60);15-18,22-23,25-27,30-33,35,44,52-53,62-63H,10-14H2,1-9H3,(H,45,48)(H,46,49)(H,47,71)(H,54,55)(H,56,57)(H,58,59)/t16-,17?,18?,19+,23+,24+,26?,27?,28?,31?,32?,33?,34?,36?,43-,44?;16?,17?,18-,22-,23-,25?,26?,27?,30?,31?,32?,33?,35?,42+,43?/m10/s1. The van der Waals surface area contributed by atoms with Crippen LogP contribution in [0.3, 0.4) is 0 Å². The summed E-state index contributed by atoms with van der Waals surface area (Å²) in [6.07, 6.45) is -35.9. The number of carboxylic acid groups (broad SMARTS) is 6. The normalized spacial score (nSPS) is 29.4. The minimum absolute atomic E-state index is 0.269. The van der Waals surface area contributed by atoms with Crippen molar-refractivity contribution in [3.63, 3.8) is 0 Å². The number of aliphatic hydroxyl groups is 8. The van der Waals surface area contributed by atoms with Gasteiger partial charge in [-0.2, -0.15) is 23.5 Å². The number of rotatable bonds is 47. The monoisotopic (exact) mass is 2210 g/mol. The Morgan fingerprint density at radius 1 is 0.463 bits per heavy atom. The molecule has 0 bridgehead atoms. The average molecular weight is 2210 g/mol. The van der Waals surface area contributed by atoms with E-state index in [1.54, 1.807) is 27.7 Å². The third-order valence-electron chi connectivity index (χ3n) is 24.2. The number of esters is 6. The number of thiocarbonyl (C=S) groups is 2. The molecule has 6 aliphatic rings. The molecule has 31 atom stereocenters. The quantitative estimate of drug-likeness (QED) is 0.0165. The van der Waals surface area contributed by atoms with Crippen molar-refractivity contribution in [1.82, 2.24) is 31.9 Å². The molecule has 0 radical (unpaired) electrons. The molecule has 4 saturated heterocycles. The Morgan fingerprint density at radius 3 is 1.04 bits per heavy atom. The number of carboxylic acids is 6. The van der Waals surface area contributed by atoms with Gasteiger partial charge in [0.05, 0.1) is 49.1 Å². The Bertz CT molecular complexity index is 4980. The fraction of sp³-hybridized carbons (Fsp3) is 0.701. The van der Waals surface area contributed by atoms with Crippen LogP contribution < -0.4 is 31.9 Å². The maximum Gasteiger partial charge on any atom is 0.341 e. The van der Waals surface area contributed by atoms with Crippen LogP contribution in [0.25, 0.3) is 0 Å². The largest absolute Gasteiger partial charge is 0.508 e. The lowest BCUT2D eigenvalue weighted by molar-refractivity contribution is -0.345. The van der Waals surface area contributed by atoms with E-state index >= 15 is 0 Å². The number of aliphatic carboxylic acids is 6. The Morgan fingerprint density at radius 2 is 0.769 bits per heavy atom. The Hall–Kier alpha value is -10.1. The number of hydrogen-bond donors (Lipinski definition) is 22. The van der Waals surface area contributed by atoms with E-state index in [0.717, 1.165) is 65.1 Å². The number of methoxy groups -OCH3 is 2. The van der Waals surface area contributed by atoms with Crippen molar-refractivity contribution in [1.29, 1.82) is 10.8 Å². The summed E-state index contributed by atoms with van der Waals surface area (Å²) in [5, 5.41) is 183. The first-order chi connectivity index (χ1) is 68.2. The molecule has 4 heterocycles. The second-order valence-corrected chi connectivity index (χ2v) is 41.5. The number of Topliss-reactive ketones (excluding diaryl/α,β-unsaturated/α-hetero) is 2. The van der Waals surface area contributed by atoms with Gasteiger partial charge in [0, 0.05) is 102 Å². The van der Waals surface area contributed by atoms with Crippen LogP contribution >= 0.6 is 71.5 Å². The number of ketones is 2. The molecule has 0 aromatic carbocycles. The zero-order valence-electron chi connectivity index (χ0n) is 82.7. The average Bonchev–Trinajstić information content (AvgIpc) is 0.732. The highest BCUT2D eigenvalue weighted by Gasteiger charge is 2.66.